The summed E-state index contributed by atoms with van der Waals surface area (Å²) < 4.78 is 0. The first-order chi connectivity index (χ1) is 26.0. The van der Waals surface area contributed by atoms with Gasteiger partial charge in [-0.3, -0.25) is 0 Å². The maximum Gasteiger partial charge on any atom is 0.160 e. The quantitative estimate of drug-likeness (QED) is 0.170. The van der Waals surface area contributed by atoms with Crippen LogP contribution < -0.4 is 0 Å². The highest BCUT2D eigenvalue weighted by Gasteiger charge is 2.37. The summed E-state index contributed by atoms with van der Waals surface area (Å²) in [5.74, 6) is 1.45. The summed E-state index contributed by atoms with van der Waals surface area (Å²) in [6, 6.07) is 57.3. The van der Waals surface area contributed by atoms with Crippen LogP contribution in [0.15, 0.2) is 170 Å². The first-order valence-electron chi connectivity index (χ1n) is 18.1. The van der Waals surface area contributed by atoms with E-state index in [2.05, 4.69) is 141 Å². The number of benzene rings is 7. The van der Waals surface area contributed by atoms with E-state index in [0.717, 1.165) is 77.8 Å². The molecule has 1 aliphatic carbocycles. The maximum absolute atomic E-state index is 5.37. The monoisotopic (exact) mass is 678 g/mol. The fraction of sp³-hybridized carbons (Fsp3) is 0.0612. The van der Waals surface area contributed by atoms with Gasteiger partial charge in [0, 0.05) is 39.4 Å². The zero-order valence-electron chi connectivity index (χ0n) is 29.5. The molecular formula is C49H34N4. The van der Waals surface area contributed by atoms with Crippen molar-refractivity contribution in [2.45, 2.75) is 19.3 Å². The first kappa shape index (κ1) is 31.0. The molecule has 0 aliphatic heterocycles. The van der Waals surface area contributed by atoms with Gasteiger partial charge in [0.05, 0.1) is 17.1 Å². The van der Waals surface area contributed by atoms with Crippen molar-refractivity contribution in [2.75, 3.05) is 0 Å². The van der Waals surface area contributed by atoms with Gasteiger partial charge in [-0.2, -0.15) is 0 Å². The Morgan fingerprint density at radius 3 is 1.47 bits per heavy atom. The molecule has 250 valence electrons. The summed E-state index contributed by atoms with van der Waals surface area (Å²) in [6.07, 6.45) is 2.03. The molecular weight excluding hydrogens is 645 g/mol. The second-order valence-electron chi connectivity index (χ2n) is 14.2. The van der Waals surface area contributed by atoms with Crippen LogP contribution in [0, 0.1) is 0 Å². The minimum Gasteiger partial charge on any atom is -0.236 e. The van der Waals surface area contributed by atoms with E-state index in [1.165, 1.54) is 16.7 Å². The molecule has 0 saturated carbocycles. The van der Waals surface area contributed by atoms with Gasteiger partial charge < -0.3 is 0 Å². The number of hydrogen-bond donors (Lipinski definition) is 0. The van der Waals surface area contributed by atoms with E-state index in [-0.39, 0.29) is 5.41 Å². The molecule has 2 aromatic heterocycles. The van der Waals surface area contributed by atoms with Crippen molar-refractivity contribution in [1.29, 1.82) is 0 Å². The largest absolute Gasteiger partial charge is 0.236 e. The Bertz CT molecular complexity index is 2730. The molecule has 0 atom stereocenters. The summed E-state index contributed by atoms with van der Waals surface area (Å²) in [5, 5.41) is 4.58. The van der Waals surface area contributed by atoms with Gasteiger partial charge in [0.1, 0.15) is 0 Å². The van der Waals surface area contributed by atoms with Crippen LogP contribution in [0.1, 0.15) is 25.1 Å². The van der Waals surface area contributed by atoms with Crippen molar-refractivity contribution < 1.29 is 0 Å². The second kappa shape index (κ2) is 12.2. The molecule has 0 bridgehead atoms. The van der Waals surface area contributed by atoms with E-state index in [0.29, 0.717) is 5.82 Å². The molecule has 2 heterocycles. The lowest BCUT2D eigenvalue weighted by Crippen LogP contribution is -2.17. The van der Waals surface area contributed by atoms with Crippen LogP contribution in [0.3, 0.4) is 0 Å². The van der Waals surface area contributed by atoms with Crippen molar-refractivity contribution in [3.05, 3.63) is 181 Å². The van der Waals surface area contributed by atoms with Gasteiger partial charge in [-0.25, -0.2) is 19.9 Å². The molecule has 1 aliphatic rings. The lowest BCUT2D eigenvalue weighted by atomic mass is 9.85. The van der Waals surface area contributed by atoms with Crippen LogP contribution >= 0.6 is 0 Å². The van der Waals surface area contributed by atoms with Gasteiger partial charge in [-0.05, 0) is 49.9 Å². The van der Waals surface area contributed by atoms with Gasteiger partial charge in [0.2, 0.25) is 0 Å². The van der Waals surface area contributed by atoms with E-state index in [9.17, 15) is 0 Å². The Morgan fingerprint density at radius 2 is 0.887 bits per heavy atom. The van der Waals surface area contributed by atoms with Crippen molar-refractivity contribution in [2.24, 2.45) is 0 Å². The smallest absolute Gasteiger partial charge is 0.160 e. The van der Waals surface area contributed by atoms with E-state index in [1.807, 2.05) is 42.6 Å². The van der Waals surface area contributed by atoms with Crippen LogP contribution in [0.5, 0.6) is 0 Å². The minimum atomic E-state index is -0.219. The van der Waals surface area contributed by atoms with Crippen molar-refractivity contribution in [3.8, 4) is 67.5 Å². The third kappa shape index (κ3) is 5.06. The maximum atomic E-state index is 5.37. The van der Waals surface area contributed by atoms with E-state index < -0.39 is 0 Å². The normalized spacial score (nSPS) is 12.9. The third-order valence-electron chi connectivity index (χ3n) is 10.7. The average molecular weight is 679 g/mol. The van der Waals surface area contributed by atoms with Crippen LogP contribution in [-0.2, 0) is 5.41 Å². The molecule has 0 N–H and O–H groups in total. The van der Waals surface area contributed by atoms with Gasteiger partial charge in [0.25, 0.3) is 0 Å². The Hall–Kier alpha value is -6.78. The molecule has 9 aromatic rings. The first-order valence-corrected chi connectivity index (χ1v) is 18.1. The van der Waals surface area contributed by atoms with Gasteiger partial charge in [0.15, 0.2) is 11.6 Å². The lowest BCUT2D eigenvalue weighted by molar-refractivity contribution is 0.636. The van der Waals surface area contributed by atoms with Crippen molar-refractivity contribution in [3.63, 3.8) is 0 Å². The number of nitrogens with zero attached hydrogens (tertiary/aromatic N) is 4. The zero-order chi connectivity index (χ0) is 35.5. The molecule has 0 unspecified atom stereocenters. The minimum absolute atomic E-state index is 0.219. The highest BCUT2D eigenvalue weighted by atomic mass is 14.9. The number of aromatic nitrogens is 4. The molecule has 0 amide bonds. The van der Waals surface area contributed by atoms with Crippen LogP contribution in [-0.4, -0.2) is 19.9 Å². The van der Waals surface area contributed by atoms with Crippen molar-refractivity contribution in [1.82, 2.24) is 19.9 Å². The predicted molar refractivity (Wildman–Crippen MR) is 217 cm³/mol. The third-order valence-corrected chi connectivity index (χ3v) is 10.7. The molecule has 4 heteroatoms. The zero-order valence-corrected chi connectivity index (χ0v) is 29.5. The fourth-order valence-electron chi connectivity index (χ4n) is 8.12. The summed E-state index contributed by atoms with van der Waals surface area (Å²) in [4.78, 5) is 20.6. The lowest BCUT2D eigenvalue weighted by Gasteiger charge is -2.21. The number of rotatable bonds is 5. The topological polar surface area (TPSA) is 51.6 Å². The molecule has 7 aromatic carbocycles. The molecule has 4 nitrogen and oxygen atoms in total. The molecule has 0 saturated heterocycles. The molecule has 0 radical (unpaired) electrons. The number of hydrogen-bond acceptors (Lipinski definition) is 4. The summed E-state index contributed by atoms with van der Waals surface area (Å²) in [5.41, 5.74) is 12.7. The predicted octanol–water partition coefficient (Wildman–Crippen LogP) is 12.2. The van der Waals surface area contributed by atoms with Crippen LogP contribution in [0.4, 0.5) is 0 Å². The van der Waals surface area contributed by atoms with E-state index in [4.69, 9.17) is 19.9 Å². The summed E-state index contributed by atoms with van der Waals surface area (Å²) >= 11 is 0. The van der Waals surface area contributed by atoms with Crippen LogP contribution in [0.25, 0.3) is 89.1 Å². The summed E-state index contributed by atoms with van der Waals surface area (Å²) in [7, 11) is 0. The number of fused-ring (bicyclic) bond motifs is 5. The Balaban J connectivity index is 1.12. The molecule has 53 heavy (non-hydrogen) atoms. The fourth-order valence-corrected chi connectivity index (χ4v) is 8.12. The van der Waals surface area contributed by atoms with Crippen LogP contribution in [0.2, 0.25) is 0 Å². The highest BCUT2D eigenvalue weighted by molar-refractivity contribution is 6.20. The molecule has 10 rings (SSSR count). The average Bonchev–Trinajstić information content (AvgIpc) is 3.45. The summed E-state index contributed by atoms with van der Waals surface area (Å²) in [6.45, 7) is 4.53. The Morgan fingerprint density at radius 1 is 0.396 bits per heavy atom. The van der Waals surface area contributed by atoms with Gasteiger partial charge >= 0.3 is 0 Å². The SMILES string of the molecule is CC1(C)c2ccccc2-c2cnc(-c3c4ccccc4c(-c4ccc(-c5nc(-c6ccccc6)cc(-c6ccccc6)n5)cc4)c4ccccc34)nc21. The Kier molecular flexibility index (Phi) is 7.12. The molecule has 0 fully saturated rings. The van der Waals surface area contributed by atoms with E-state index in [1.54, 1.807) is 0 Å². The van der Waals surface area contributed by atoms with Gasteiger partial charge in [-0.1, -0.05) is 172 Å². The Labute approximate surface area is 308 Å². The van der Waals surface area contributed by atoms with E-state index >= 15 is 0 Å². The van der Waals surface area contributed by atoms with Crippen molar-refractivity contribution >= 4 is 21.5 Å². The highest BCUT2D eigenvalue weighted by Crippen LogP contribution is 2.49. The molecule has 0 spiro atoms. The second-order valence-corrected chi connectivity index (χ2v) is 14.2. The van der Waals surface area contributed by atoms with Gasteiger partial charge in [-0.15, -0.1) is 0 Å². The standard InChI is InChI=1S/C49H34N4/c1-49(2)41-24-14-13-19-35(41)40-30-50-48(53-46(40)49)45-38-22-11-9-20-36(38)44(37-21-10-12-23-39(37)45)33-25-27-34(28-26-33)47-51-42(31-15-5-3-6-16-31)29-43(52-47)32-17-7-4-8-18-32/h3-30H,1-2H3.